The van der Waals surface area contributed by atoms with Crippen LogP contribution in [-0.2, 0) is 15.1 Å². The number of carbonyl (C=O) groups is 3. The standard InChI is InChI=1S/C26H26N4O6/c1-26(22-12-17-4-2-3-5-19(17)36-22)24(32)30(25(33)28-26)14-29-10-8-16(9-11-29)23(31)27-18-6-7-20-21(13-18)35-15-34-20/h2-7,12-13,16H,8-11,14-15H2,1H3,(H,27,31)(H,28,33)/t26-/m0/s1. The Morgan fingerprint density at radius 2 is 1.86 bits per heavy atom. The molecule has 6 rings (SSSR count). The fraction of sp³-hybridized carbons (Fsp3) is 0.346. The molecule has 1 aromatic heterocycles. The highest BCUT2D eigenvalue weighted by Crippen LogP contribution is 2.35. The lowest BCUT2D eigenvalue weighted by molar-refractivity contribution is -0.133. The molecule has 10 nitrogen and oxygen atoms in total. The van der Waals surface area contributed by atoms with Crippen LogP contribution >= 0.6 is 0 Å². The van der Waals surface area contributed by atoms with Gasteiger partial charge >= 0.3 is 6.03 Å². The number of anilines is 1. The van der Waals surface area contributed by atoms with Gasteiger partial charge in [-0.1, -0.05) is 18.2 Å². The second-order valence-electron chi connectivity index (χ2n) is 9.53. The van der Waals surface area contributed by atoms with E-state index in [2.05, 4.69) is 10.6 Å². The van der Waals surface area contributed by atoms with Gasteiger partial charge in [-0.15, -0.1) is 0 Å². The molecule has 10 heteroatoms. The molecule has 0 radical (unpaired) electrons. The van der Waals surface area contributed by atoms with Crippen LogP contribution in [0.2, 0.25) is 0 Å². The van der Waals surface area contributed by atoms with Gasteiger partial charge in [0.2, 0.25) is 12.7 Å². The summed E-state index contributed by atoms with van der Waals surface area (Å²) in [7, 11) is 0. The number of fused-ring (bicyclic) bond motifs is 2. The molecule has 3 aromatic rings. The van der Waals surface area contributed by atoms with Crippen molar-refractivity contribution in [3.8, 4) is 11.5 Å². The number of likely N-dealkylation sites (tertiary alicyclic amines) is 1. The Hall–Kier alpha value is -4.05. The van der Waals surface area contributed by atoms with Gasteiger partial charge in [0.25, 0.3) is 5.91 Å². The Morgan fingerprint density at radius 1 is 1.08 bits per heavy atom. The molecule has 2 N–H and O–H groups in total. The molecule has 0 saturated carbocycles. The van der Waals surface area contributed by atoms with Crippen LogP contribution in [0.3, 0.4) is 0 Å². The van der Waals surface area contributed by atoms with E-state index >= 15 is 0 Å². The smallest absolute Gasteiger partial charge is 0.326 e. The van der Waals surface area contributed by atoms with Crippen LogP contribution in [0.25, 0.3) is 11.0 Å². The maximum atomic E-state index is 13.3. The van der Waals surface area contributed by atoms with E-state index in [4.69, 9.17) is 13.9 Å². The molecule has 3 aliphatic rings. The van der Waals surface area contributed by atoms with Crippen LogP contribution < -0.4 is 20.1 Å². The third-order valence-corrected chi connectivity index (χ3v) is 7.13. The maximum Gasteiger partial charge on any atom is 0.326 e. The van der Waals surface area contributed by atoms with Crippen LogP contribution in [0.15, 0.2) is 52.9 Å². The first kappa shape index (κ1) is 22.4. The zero-order valence-corrected chi connectivity index (χ0v) is 19.8. The van der Waals surface area contributed by atoms with Gasteiger partial charge < -0.3 is 24.5 Å². The summed E-state index contributed by atoms with van der Waals surface area (Å²) >= 11 is 0. The predicted octanol–water partition coefficient (Wildman–Crippen LogP) is 3.24. The summed E-state index contributed by atoms with van der Waals surface area (Å²) in [4.78, 5) is 42.1. The van der Waals surface area contributed by atoms with E-state index in [1.807, 2.05) is 29.2 Å². The molecule has 0 unspecified atom stereocenters. The molecular weight excluding hydrogens is 464 g/mol. The second-order valence-corrected chi connectivity index (χ2v) is 9.53. The number of hydrogen-bond acceptors (Lipinski definition) is 7. The van der Waals surface area contributed by atoms with Crippen LogP contribution in [-0.4, -0.2) is 54.2 Å². The topological polar surface area (TPSA) is 113 Å². The summed E-state index contributed by atoms with van der Waals surface area (Å²) in [5, 5.41) is 6.62. The predicted molar refractivity (Wildman–Crippen MR) is 129 cm³/mol. The lowest BCUT2D eigenvalue weighted by Gasteiger charge is -2.33. The summed E-state index contributed by atoms with van der Waals surface area (Å²) in [6, 6.07) is 14.1. The quantitative estimate of drug-likeness (QED) is 0.528. The summed E-state index contributed by atoms with van der Waals surface area (Å²) in [5.74, 6) is 1.12. The third kappa shape index (κ3) is 3.83. The first-order valence-corrected chi connectivity index (χ1v) is 12.0. The number of rotatable bonds is 5. The zero-order valence-electron chi connectivity index (χ0n) is 19.8. The normalized spacial score (nSPS) is 22.3. The van der Waals surface area contributed by atoms with Crippen molar-refractivity contribution in [2.75, 3.05) is 31.9 Å². The van der Waals surface area contributed by atoms with Crippen molar-refractivity contribution >= 4 is 34.5 Å². The molecule has 3 aliphatic heterocycles. The Balaban J connectivity index is 1.06. The van der Waals surface area contributed by atoms with Crippen LogP contribution in [0, 0.1) is 5.92 Å². The zero-order chi connectivity index (χ0) is 24.9. The van der Waals surface area contributed by atoms with Gasteiger partial charge in [-0.3, -0.25) is 14.5 Å². The van der Waals surface area contributed by atoms with Gasteiger partial charge in [-0.2, -0.15) is 0 Å². The van der Waals surface area contributed by atoms with E-state index in [9.17, 15) is 14.4 Å². The van der Waals surface area contributed by atoms with Gasteiger partial charge in [0, 0.05) is 36.1 Å². The second kappa shape index (κ2) is 8.56. The number of benzene rings is 2. The SMILES string of the molecule is C[C@@]1(c2cc3ccccc3o2)NC(=O)N(CN2CCC(C(=O)Nc3ccc4c(c3)OCO4)CC2)C1=O. The molecule has 4 amide bonds. The van der Waals surface area contributed by atoms with Crippen LogP contribution in [0.4, 0.5) is 10.5 Å². The van der Waals surface area contributed by atoms with Crippen molar-refractivity contribution in [1.82, 2.24) is 15.1 Å². The number of carbonyl (C=O) groups excluding carboxylic acids is 3. The first-order chi connectivity index (χ1) is 17.4. The molecular formula is C26H26N4O6. The number of nitrogens with zero attached hydrogens (tertiary/aromatic N) is 2. The molecule has 186 valence electrons. The number of amides is 4. The number of furan rings is 1. The number of nitrogens with one attached hydrogen (secondary N) is 2. The van der Waals surface area contributed by atoms with Crippen molar-refractivity contribution in [2.24, 2.45) is 5.92 Å². The van der Waals surface area contributed by atoms with Crippen LogP contribution in [0.5, 0.6) is 11.5 Å². The lowest BCUT2D eigenvalue weighted by Crippen LogP contribution is -2.47. The first-order valence-electron chi connectivity index (χ1n) is 12.0. The molecule has 4 heterocycles. The summed E-state index contributed by atoms with van der Waals surface area (Å²) in [5.41, 5.74) is 0.0602. The highest BCUT2D eigenvalue weighted by Gasteiger charge is 2.51. The molecule has 1 atom stereocenters. The Morgan fingerprint density at radius 3 is 2.67 bits per heavy atom. The lowest BCUT2D eigenvalue weighted by atomic mass is 9.96. The summed E-state index contributed by atoms with van der Waals surface area (Å²) in [6.07, 6.45) is 1.25. The number of imide groups is 1. The number of hydrogen-bond donors (Lipinski definition) is 2. The highest BCUT2D eigenvalue weighted by molar-refractivity contribution is 6.07. The number of piperidine rings is 1. The fourth-order valence-corrected chi connectivity index (χ4v) is 4.98. The Bertz CT molecular complexity index is 1330. The van der Waals surface area contributed by atoms with E-state index in [1.165, 1.54) is 4.90 Å². The highest BCUT2D eigenvalue weighted by atomic mass is 16.7. The van der Waals surface area contributed by atoms with Gasteiger partial charge in [-0.25, -0.2) is 9.69 Å². The number of ether oxygens (including phenoxy) is 2. The van der Waals surface area contributed by atoms with E-state index in [0.717, 1.165) is 5.39 Å². The van der Waals surface area contributed by atoms with Crippen molar-refractivity contribution in [1.29, 1.82) is 0 Å². The van der Waals surface area contributed by atoms with Gasteiger partial charge in [0.15, 0.2) is 17.0 Å². The van der Waals surface area contributed by atoms with Gasteiger partial charge in [0.05, 0.1) is 6.67 Å². The minimum Gasteiger partial charge on any atom is -0.458 e. The summed E-state index contributed by atoms with van der Waals surface area (Å²) < 4.78 is 16.6. The maximum absolute atomic E-state index is 13.3. The Labute approximate surface area is 207 Å². The van der Waals surface area contributed by atoms with Gasteiger partial charge in [0.1, 0.15) is 11.3 Å². The Kier molecular flexibility index (Phi) is 5.33. The van der Waals surface area contributed by atoms with Gasteiger partial charge in [-0.05, 0) is 44.0 Å². The van der Waals surface area contributed by atoms with Crippen molar-refractivity contribution in [2.45, 2.75) is 25.3 Å². The number of para-hydroxylation sites is 1. The minimum absolute atomic E-state index is 0.0547. The summed E-state index contributed by atoms with van der Waals surface area (Å²) in [6.45, 7) is 3.20. The largest absolute Gasteiger partial charge is 0.458 e. The van der Waals surface area contributed by atoms with E-state index in [0.29, 0.717) is 54.5 Å². The molecule has 0 aliphatic carbocycles. The fourth-order valence-electron chi connectivity index (χ4n) is 4.98. The average molecular weight is 491 g/mol. The van der Waals surface area contributed by atoms with Crippen molar-refractivity contribution in [3.05, 3.63) is 54.3 Å². The van der Waals surface area contributed by atoms with Crippen molar-refractivity contribution < 1.29 is 28.3 Å². The third-order valence-electron chi connectivity index (χ3n) is 7.13. The monoisotopic (exact) mass is 490 g/mol. The molecule has 0 spiro atoms. The van der Waals surface area contributed by atoms with Crippen molar-refractivity contribution in [3.63, 3.8) is 0 Å². The minimum atomic E-state index is -1.26. The number of urea groups is 1. The molecule has 2 aromatic carbocycles. The van der Waals surface area contributed by atoms with E-state index < -0.39 is 11.6 Å². The molecule has 0 bridgehead atoms. The molecule has 2 saturated heterocycles. The van der Waals surface area contributed by atoms with Crippen LogP contribution in [0.1, 0.15) is 25.5 Å². The molecule has 36 heavy (non-hydrogen) atoms. The van der Waals surface area contributed by atoms with E-state index in [-0.39, 0.29) is 31.2 Å². The average Bonchev–Trinajstić information content (AvgIpc) is 3.58. The van der Waals surface area contributed by atoms with E-state index in [1.54, 1.807) is 31.2 Å². The molecule has 2 fully saturated rings.